The Morgan fingerprint density at radius 2 is 1.79 bits per heavy atom. The number of nitrogens with two attached hydrogens (primary N) is 1. The molecule has 0 saturated heterocycles. The van der Waals surface area contributed by atoms with Crippen LogP contribution in [0.4, 0.5) is 23.7 Å². The van der Waals surface area contributed by atoms with Gasteiger partial charge in [0.2, 0.25) is 5.91 Å². The molecule has 3 rings (SSSR count). The molecular weight excluding hydrogens is 325 g/mol. The number of nitrogens with zero attached hydrogens (tertiary/aromatic N) is 1. The van der Waals surface area contributed by atoms with Gasteiger partial charge in [0.25, 0.3) is 0 Å². The number of fused-ring (bicyclic) bond motifs is 1. The van der Waals surface area contributed by atoms with E-state index in [1.54, 1.807) is 0 Å². The number of rotatable bonds is 2. The largest absolute Gasteiger partial charge is 0.416 e. The highest BCUT2D eigenvalue weighted by Gasteiger charge is 2.47. The zero-order valence-corrected chi connectivity index (χ0v) is 12.6. The number of anilines is 1. The average Bonchev–Trinajstić information content (AvgIpc) is 3.10. The Morgan fingerprint density at radius 1 is 1.17 bits per heavy atom. The molecule has 1 aromatic rings. The number of benzene rings is 1. The van der Waals surface area contributed by atoms with Crippen molar-refractivity contribution in [2.45, 2.75) is 37.8 Å². The molecule has 128 valence electrons. The highest BCUT2D eigenvalue weighted by atomic mass is 19.4. The number of hydrogen-bond donors (Lipinski definition) is 1. The minimum atomic E-state index is -4.61. The van der Waals surface area contributed by atoms with E-state index in [4.69, 9.17) is 5.73 Å². The molecular formula is C16H15F3N2O3. The lowest BCUT2D eigenvalue weighted by Gasteiger charge is -2.15. The van der Waals surface area contributed by atoms with Crippen LogP contribution in [0.1, 0.15) is 42.7 Å². The molecule has 8 heteroatoms. The quantitative estimate of drug-likeness (QED) is 0.841. The molecule has 2 N–H and O–H groups in total. The maximum atomic E-state index is 13.0. The minimum Gasteiger partial charge on any atom is -0.351 e. The number of alkyl halides is 3. The Hall–Kier alpha value is -2.38. The van der Waals surface area contributed by atoms with Crippen LogP contribution in [0.25, 0.3) is 0 Å². The highest BCUT2D eigenvalue weighted by molar-refractivity contribution is 6.27. The Bertz CT molecular complexity index is 724. The zero-order valence-electron chi connectivity index (χ0n) is 12.6. The Kier molecular flexibility index (Phi) is 3.85. The van der Waals surface area contributed by atoms with E-state index in [1.165, 1.54) is 0 Å². The molecule has 24 heavy (non-hydrogen) atoms. The number of urea groups is 1. The Balaban J connectivity index is 2.09. The number of imide groups is 1. The number of carbonyl (C=O) groups excluding carboxylic acids is 3. The summed E-state index contributed by atoms with van der Waals surface area (Å²) >= 11 is 0. The van der Waals surface area contributed by atoms with E-state index in [0.29, 0.717) is 17.7 Å². The molecule has 0 aromatic heterocycles. The van der Waals surface area contributed by atoms with Gasteiger partial charge in [0.05, 0.1) is 11.3 Å². The van der Waals surface area contributed by atoms with Gasteiger partial charge >= 0.3 is 12.2 Å². The zero-order chi connectivity index (χ0) is 17.6. The molecule has 1 aliphatic carbocycles. The lowest BCUT2D eigenvalue weighted by Crippen LogP contribution is -2.41. The number of hydrogen-bond acceptors (Lipinski definition) is 3. The van der Waals surface area contributed by atoms with Crippen LogP contribution in [0.15, 0.2) is 18.2 Å². The third-order valence-electron chi connectivity index (χ3n) is 4.64. The summed E-state index contributed by atoms with van der Waals surface area (Å²) in [6, 6.07) is 1.45. The molecule has 0 spiro atoms. The average molecular weight is 340 g/mol. The molecule has 2 aliphatic rings. The highest BCUT2D eigenvalue weighted by Crippen LogP contribution is 2.43. The van der Waals surface area contributed by atoms with Crippen LogP contribution in [0.3, 0.4) is 0 Å². The van der Waals surface area contributed by atoms with E-state index >= 15 is 0 Å². The van der Waals surface area contributed by atoms with Crippen molar-refractivity contribution in [1.82, 2.24) is 0 Å². The van der Waals surface area contributed by atoms with E-state index in [1.807, 2.05) is 0 Å². The summed E-state index contributed by atoms with van der Waals surface area (Å²) in [6.45, 7) is 0. The van der Waals surface area contributed by atoms with Gasteiger partial charge in [-0.15, -0.1) is 0 Å². The second-order valence-electron chi connectivity index (χ2n) is 6.10. The van der Waals surface area contributed by atoms with Crippen LogP contribution in [0, 0.1) is 5.92 Å². The van der Waals surface area contributed by atoms with Gasteiger partial charge in [0, 0.05) is 5.92 Å². The fourth-order valence-corrected chi connectivity index (χ4v) is 3.49. The molecule has 1 fully saturated rings. The summed E-state index contributed by atoms with van der Waals surface area (Å²) in [5.41, 5.74) is 4.07. The van der Waals surface area contributed by atoms with E-state index in [9.17, 15) is 27.6 Å². The second-order valence-corrected chi connectivity index (χ2v) is 6.10. The van der Waals surface area contributed by atoms with Gasteiger partial charge in [-0.1, -0.05) is 12.8 Å². The molecule has 0 bridgehead atoms. The summed E-state index contributed by atoms with van der Waals surface area (Å²) in [5, 5.41) is 0. The lowest BCUT2D eigenvalue weighted by molar-refractivity contribution is -0.138. The van der Waals surface area contributed by atoms with Gasteiger partial charge in [-0.3, -0.25) is 9.59 Å². The van der Waals surface area contributed by atoms with Crippen molar-refractivity contribution in [3.8, 4) is 0 Å². The molecule has 1 atom stereocenters. The molecule has 1 aliphatic heterocycles. The van der Waals surface area contributed by atoms with Crippen molar-refractivity contribution >= 4 is 23.4 Å². The van der Waals surface area contributed by atoms with Crippen molar-refractivity contribution in [1.29, 1.82) is 0 Å². The summed E-state index contributed by atoms with van der Waals surface area (Å²) < 4.78 is 38.9. The lowest BCUT2D eigenvalue weighted by atomic mass is 9.86. The maximum Gasteiger partial charge on any atom is 0.416 e. The van der Waals surface area contributed by atoms with Crippen LogP contribution in [0.2, 0.25) is 0 Å². The third-order valence-corrected chi connectivity index (χ3v) is 4.64. The predicted octanol–water partition coefficient (Wildman–Crippen LogP) is 2.97. The molecule has 3 amide bonds. The van der Waals surface area contributed by atoms with Crippen molar-refractivity contribution in [3.63, 3.8) is 0 Å². The Morgan fingerprint density at radius 3 is 2.33 bits per heavy atom. The van der Waals surface area contributed by atoms with Crippen LogP contribution in [0.5, 0.6) is 0 Å². The van der Waals surface area contributed by atoms with Gasteiger partial charge in [-0.05, 0) is 36.6 Å². The van der Waals surface area contributed by atoms with Gasteiger partial charge in [-0.2, -0.15) is 13.2 Å². The predicted molar refractivity (Wildman–Crippen MR) is 78.2 cm³/mol. The third kappa shape index (κ3) is 2.55. The van der Waals surface area contributed by atoms with E-state index < -0.39 is 35.4 Å². The molecule has 5 nitrogen and oxygen atoms in total. The number of ketones is 1. The first kappa shape index (κ1) is 16.5. The number of amides is 3. The van der Waals surface area contributed by atoms with Crippen molar-refractivity contribution in [2.75, 3.05) is 4.90 Å². The smallest absolute Gasteiger partial charge is 0.351 e. The second kappa shape index (κ2) is 5.61. The number of Topliss-reactive ketones (excluding diaryl/α,β-unsaturated/α-hetero) is 1. The number of primary amides is 1. The van der Waals surface area contributed by atoms with Crippen molar-refractivity contribution in [2.24, 2.45) is 11.7 Å². The molecule has 1 heterocycles. The Labute approximate surface area is 135 Å². The van der Waals surface area contributed by atoms with Crippen LogP contribution in [-0.4, -0.2) is 17.7 Å². The fraction of sp³-hybridized carbons (Fsp3) is 0.438. The van der Waals surface area contributed by atoms with Gasteiger partial charge in [-0.25, -0.2) is 9.69 Å². The molecule has 1 aromatic carbocycles. The number of carbonyl (C=O) groups is 3. The van der Waals surface area contributed by atoms with E-state index in [0.717, 1.165) is 31.0 Å². The maximum absolute atomic E-state index is 13.0. The topological polar surface area (TPSA) is 80.5 Å². The SMILES string of the molecule is NC(=O)N1C(=O)C(C(=O)C2CCCC2)c2cc(C(F)(F)F)ccc21. The first-order valence-electron chi connectivity index (χ1n) is 7.60. The number of halogens is 3. The van der Waals surface area contributed by atoms with Crippen molar-refractivity contribution in [3.05, 3.63) is 29.3 Å². The van der Waals surface area contributed by atoms with Gasteiger partial charge in [0.1, 0.15) is 5.92 Å². The minimum absolute atomic E-state index is 0.0446. The van der Waals surface area contributed by atoms with E-state index in [-0.39, 0.29) is 17.2 Å². The molecule has 1 unspecified atom stereocenters. The van der Waals surface area contributed by atoms with Gasteiger partial charge < -0.3 is 5.73 Å². The van der Waals surface area contributed by atoms with Gasteiger partial charge in [0.15, 0.2) is 5.78 Å². The summed E-state index contributed by atoms with van der Waals surface area (Å²) in [6.07, 6.45) is -1.72. The van der Waals surface area contributed by atoms with Crippen LogP contribution in [-0.2, 0) is 15.8 Å². The first-order chi connectivity index (χ1) is 11.2. The fourth-order valence-electron chi connectivity index (χ4n) is 3.49. The van der Waals surface area contributed by atoms with E-state index in [2.05, 4.69) is 0 Å². The summed E-state index contributed by atoms with van der Waals surface area (Å²) in [4.78, 5) is 37.3. The van der Waals surface area contributed by atoms with Crippen molar-refractivity contribution < 1.29 is 27.6 Å². The van der Waals surface area contributed by atoms with Crippen LogP contribution < -0.4 is 10.6 Å². The normalized spacial score (nSPS) is 21.2. The summed E-state index contributed by atoms with van der Waals surface area (Å²) in [7, 11) is 0. The monoisotopic (exact) mass is 340 g/mol. The standard InChI is InChI=1S/C16H15F3N2O3/c17-16(18,19)9-5-6-11-10(7-9)12(14(23)21(11)15(20)24)13(22)8-3-1-2-4-8/h5-8,12H,1-4H2,(H2,20,24). The summed E-state index contributed by atoms with van der Waals surface area (Å²) in [5.74, 6) is -3.05. The molecule has 0 radical (unpaired) electrons. The first-order valence-corrected chi connectivity index (χ1v) is 7.60. The molecule has 1 saturated carbocycles. The van der Waals surface area contributed by atoms with Crippen LogP contribution >= 0.6 is 0 Å².